The van der Waals surface area contributed by atoms with Gasteiger partial charge in [-0.15, -0.1) is 0 Å². The van der Waals surface area contributed by atoms with Crippen LogP contribution in [0.2, 0.25) is 5.02 Å². The molecule has 0 fully saturated rings. The predicted octanol–water partition coefficient (Wildman–Crippen LogP) is 5.06. The lowest BCUT2D eigenvalue weighted by molar-refractivity contribution is -0.157. The molecule has 2 aromatic carbocycles. The number of esters is 1. The summed E-state index contributed by atoms with van der Waals surface area (Å²) in [5, 5.41) is 0.464. The summed E-state index contributed by atoms with van der Waals surface area (Å²) in [5.41, 5.74) is 1.47. The Bertz CT molecular complexity index is 1060. The number of aryl methyl sites for hydroxylation is 1. The molecule has 0 heterocycles. The lowest BCUT2D eigenvalue weighted by atomic mass is 10.00. The van der Waals surface area contributed by atoms with Crippen molar-refractivity contribution >= 4 is 27.6 Å². The van der Waals surface area contributed by atoms with Crippen molar-refractivity contribution in [3.63, 3.8) is 0 Å². The van der Waals surface area contributed by atoms with E-state index in [9.17, 15) is 13.2 Å². The summed E-state index contributed by atoms with van der Waals surface area (Å²) in [6.45, 7) is 10.6. The van der Waals surface area contributed by atoms with E-state index in [2.05, 4.69) is 0 Å². The van der Waals surface area contributed by atoms with E-state index in [1.165, 1.54) is 4.31 Å². The van der Waals surface area contributed by atoms with E-state index in [1.807, 2.05) is 20.8 Å². The Labute approximate surface area is 190 Å². The Kier molecular flexibility index (Phi) is 7.79. The van der Waals surface area contributed by atoms with Crippen LogP contribution in [0.4, 0.5) is 0 Å². The predicted molar refractivity (Wildman–Crippen MR) is 123 cm³/mol. The number of hydrogen-bond donors (Lipinski definition) is 0. The normalized spacial score (nSPS) is 12.3. The monoisotopic (exact) mass is 467 g/mol. The standard InChI is InChI=1S/C23H30ClNO5S/c1-15(2)25(7)31(27,28)18-10-8-16(3)19(13-18)20-12-17(24)9-11-21(20)29-14-22(26)30-23(4,5)6/h8-13,15H,14H2,1-7H3. The van der Waals surface area contributed by atoms with Crippen LogP contribution in [-0.4, -0.2) is 44.0 Å². The molecular weight excluding hydrogens is 438 g/mol. The van der Waals surface area contributed by atoms with Gasteiger partial charge >= 0.3 is 5.97 Å². The molecule has 0 amide bonds. The molecule has 0 aliphatic rings. The first-order valence-electron chi connectivity index (χ1n) is 9.95. The molecule has 0 unspecified atom stereocenters. The first-order valence-corrected chi connectivity index (χ1v) is 11.8. The molecule has 2 rings (SSSR count). The zero-order valence-corrected chi connectivity index (χ0v) is 20.6. The van der Waals surface area contributed by atoms with Crippen molar-refractivity contribution in [2.24, 2.45) is 0 Å². The number of ether oxygens (including phenoxy) is 2. The van der Waals surface area contributed by atoms with Crippen molar-refractivity contribution in [2.45, 2.75) is 58.1 Å². The van der Waals surface area contributed by atoms with Gasteiger partial charge in [0.05, 0.1) is 4.90 Å². The molecule has 0 aromatic heterocycles. The van der Waals surface area contributed by atoms with Crippen LogP contribution in [0, 0.1) is 6.92 Å². The van der Waals surface area contributed by atoms with Crippen LogP contribution in [0.25, 0.3) is 11.1 Å². The van der Waals surface area contributed by atoms with Crippen molar-refractivity contribution in [3.8, 4) is 16.9 Å². The molecular formula is C23H30ClNO5S. The SMILES string of the molecule is Cc1ccc(S(=O)(=O)N(C)C(C)C)cc1-c1cc(Cl)ccc1OCC(=O)OC(C)(C)C. The van der Waals surface area contributed by atoms with Gasteiger partial charge in [-0.05, 0) is 83.0 Å². The lowest BCUT2D eigenvalue weighted by Crippen LogP contribution is -2.33. The highest BCUT2D eigenvalue weighted by molar-refractivity contribution is 7.89. The zero-order valence-electron chi connectivity index (χ0n) is 19.0. The number of sulfonamides is 1. The second-order valence-electron chi connectivity index (χ2n) is 8.61. The second-order valence-corrected chi connectivity index (χ2v) is 11.0. The van der Waals surface area contributed by atoms with Gasteiger partial charge in [0.2, 0.25) is 10.0 Å². The third-order valence-electron chi connectivity index (χ3n) is 4.61. The fourth-order valence-electron chi connectivity index (χ4n) is 2.84. The summed E-state index contributed by atoms with van der Waals surface area (Å²) in [5.74, 6) is -0.0925. The summed E-state index contributed by atoms with van der Waals surface area (Å²) in [6, 6.07) is 9.75. The number of rotatable bonds is 7. The van der Waals surface area contributed by atoms with Gasteiger partial charge in [-0.3, -0.25) is 0 Å². The van der Waals surface area contributed by atoms with E-state index < -0.39 is 21.6 Å². The quantitative estimate of drug-likeness (QED) is 0.532. The zero-order chi connectivity index (χ0) is 23.6. The van der Waals surface area contributed by atoms with Crippen LogP contribution < -0.4 is 4.74 Å². The molecule has 0 aliphatic carbocycles. The minimum absolute atomic E-state index is 0.169. The average Bonchev–Trinajstić information content (AvgIpc) is 2.65. The molecule has 2 aromatic rings. The first kappa shape index (κ1) is 25.2. The van der Waals surface area contributed by atoms with Crippen molar-refractivity contribution in [1.82, 2.24) is 4.31 Å². The van der Waals surface area contributed by atoms with Gasteiger partial charge in [0.25, 0.3) is 0 Å². The number of hydrogen-bond acceptors (Lipinski definition) is 5. The Morgan fingerprint density at radius 2 is 1.74 bits per heavy atom. The molecule has 0 N–H and O–H groups in total. The molecule has 0 atom stereocenters. The van der Waals surface area contributed by atoms with E-state index in [0.717, 1.165) is 5.56 Å². The fourth-order valence-corrected chi connectivity index (χ4v) is 4.41. The molecule has 0 spiro atoms. The van der Waals surface area contributed by atoms with Crippen LogP contribution in [-0.2, 0) is 19.6 Å². The van der Waals surface area contributed by atoms with Crippen molar-refractivity contribution in [2.75, 3.05) is 13.7 Å². The number of carbonyl (C=O) groups excluding carboxylic acids is 1. The van der Waals surface area contributed by atoms with E-state index in [0.29, 0.717) is 21.9 Å². The fraction of sp³-hybridized carbons (Fsp3) is 0.435. The third kappa shape index (κ3) is 6.45. The summed E-state index contributed by atoms with van der Waals surface area (Å²) in [7, 11) is -2.12. The summed E-state index contributed by atoms with van der Waals surface area (Å²) in [6.07, 6.45) is 0. The highest BCUT2D eigenvalue weighted by Crippen LogP contribution is 2.36. The van der Waals surface area contributed by atoms with Crippen LogP contribution in [0.3, 0.4) is 0 Å². The Hall–Kier alpha value is -2.09. The Balaban J connectivity index is 2.47. The van der Waals surface area contributed by atoms with Crippen LogP contribution in [0.15, 0.2) is 41.3 Å². The average molecular weight is 468 g/mol. The maximum atomic E-state index is 13.0. The van der Waals surface area contributed by atoms with E-state index in [-0.39, 0.29) is 17.5 Å². The molecule has 0 radical (unpaired) electrons. The molecule has 0 saturated heterocycles. The van der Waals surface area contributed by atoms with E-state index in [1.54, 1.807) is 64.2 Å². The minimum Gasteiger partial charge on any atom is -0.481 e. The van der Waals surface area contributed by atoms with Gasteiger partial charge < -0.3 is 9.47 Å². The van der Waals surface area contributed by atoms with Crippen LogP contribution in [0.5, 0.6) is 5.75 Å². The van der Waals surface area contributed by atoms with Gasteiger partial charge in [0.15, 0.2) is 6.61 Å². The van der Waals surface area contributed by atoms with Crippen LogP contribution in [0.1, 0.15) is 40.2 Å². The van der Waals surface area contributed by atoms with Crippen molar-refractivity contribution in [3.05, 3.63) is 47.0 Å². The molecule has 0 aliphatic heterocycles. The lowest BCUT2D eigenvalue weighted by Gasteiger charge is -2.22. The molecule has 31 heavy (non-hydrogen) atoms. The maximum absolute atomic E-state index is 13.0. The first-order chi connectivity index (χ1) is 14.2. The Morgan fingerprint density at radius 1 is 1.10 bits per heavy atom. The summed E-state index contributed by atoms with van der Waals surface area (Å²) in [4.78, 5) is 12.2. The van der Waals surface area contributed by atoms with Crippen molar-refractivity contribution in [1.29, 1.82) is 0 Å². The number of nitrogens with zero attached hydrogens (tertiary/aromatic N) is 1. The minimum atomic E-state index is -3.67. The van der Waals surface area contributed by atoms with Gasteiger partial charge in [0.1, 0.15) is 11.4 Å². The second kappa shape index (κ2) is 9.59. The maximum Gasteiger partial charge on any atom is 0.344 e. The van der Waals surface area contributed by atoms with Crippen LogP contribution >= 0.6 is 11.6 Å². The van der Waals surface area contributed by atoms with E-state index >= 15 is 0 Å². The summed E-state index contributed by atoms with van der Waals surface area (Å²) < 4.78 is 38.3. The highest BCUT2D eigenvalue weighted by atomic mass is 35.5. The molecule has 6 nitrogen and oxygen atoms in total. The molecule has 170 valence electrons. The molecule has 8 heteroatoms. The largest absolute Gasteiger partial charge is 0.481 e. The van der Waals surface area contributed by atoms with Gasteiger partial charge in [-0.1, -0.05) is 17.7 Å². The smallest absolute Gasteiger partial charge is 0.344 e. The Morgan fingerprint density at radius 3 is 2.32 bits per heavy atom. The molecule has 0 bridgehead atoms. The number of benzene rings is 2. The van der Waals surface area contributed by atoms with Gasteiger partial charge in [0, 0.05) is 23.7 Å². The summed E-state index contributed by atoms with van der Waals surface area (Å²) >= 11 is 6.22. The molecule has 0 saturated carbocycles. The highest BCUT2D eigenvalue weighted by Gasteiger charge is 2.25. The van der Waals surface area contributed by atoms with Crippen molar-refractivity contribution < 1.29 is 22.7 Å². The number of halogens is 1. The topological polar surface area (TPSA) is 72.9 Å². The van der Waals surface area contributed by atoms with E-state index in [4.69, 9.17) is 21.1 Å². The third-order valence-corrected chi connectivity index (χ3v) is 6.88. The number of carbonyl (C=O) groups is 1. The van der Waals surface area contributed by atoms with Gasteiger partial charge in [-0.25, -0.2) is 13.2 Å². The van der Waals surface area contributed by atoms with Gasteiger partial charge in [-0.2, -0.15) is 4.31 Å².